The number of hydrogen-bond donors (Lipinski definition) is 1. The van der Waals surface area contributed by atoms with E-state index in [1.165, 1.54) is 0 Å². The first-order valence-electron chi connectivity index (χ1n) is 5.65. The van der Waals surface area contributed by atoms with Gasteiger partial charge in [-0.2, -0.15) is 0 Å². The maximum absolute atomic E-state index is 11.9. The van der Waals surface area contributed by atoms with Crippen LogP contribution in [0.3, 0.4) is 0 Å². The molecule has 2 aromatic rings. The molecule has 1 aromatic carbocycles. The second kappa shape index (κ2) is 5.81. The SMILES string of the molecule is C=CCOc1ccc(C(=O)Nc2nonc2C)cc1. The highest BCUT2D eigenvalue weighted by Crippen LogP contribution is 2.14. The fraction of sp³-hybridized carbons (Fsp3) is 0.154. The number of anilines is 1. The van der Waals surface area contributed by atoms with Crippen LogP contribution < -0.4 is 10.1 Å². The molecule has 0 spiro atoms. The van der Waals surface area contributed by atoms with E-state index in [4.69, 9.17) is 4.74 Å². The van der Waals surface area contributed by atoms with Crippen LogP contribution in [0.5, 0.6) is 5.75 Å². The van der Waals surface area contributed by atoms with Crippen molar-refractivity contribution in [3.05, 3.63) is 48.2 Å². The van der Waals surface area contributed by atoms with Gasteiger partial charge >= 0.3 is 0 Å². The zero-order chi connectivity index (χ0) is 13.7. The van der Waals surface area contributed by atoms with E-state index in [0.29, 0.717) is 29.4 Å². The van der Waals surface area contributed by atoms with E-state index < -0.39 is 0 Å². The Bertz CT molecular complexity index is 575. The molecule has 1 aromatic heterocycles. The van der Waals surface area contributed by atoms with Crippen LogP contribution in [0.4, 0.5) is 5.82 Å². The van der Waals surface area contributed by atoms with Crippen LogP contribution in [-0.2, 0) is 0 Å². The second-order valence-corrected chi connectivity index (χ2v) is 3.78. The summed E-state index contributed by atoms with van der Waals surface area (Å²) in [6, 6.07) is 6.76. The summed E-state index contributed by atoms with van der Waals surface area (Å²) in [7, 11) is 0. The van der Waals surface area contributed by atoms with E-state index in [0.717, 1.165) is 0 Å². The highest BCUT2D eigenvalue weighted by molar-refractivity contribution is 6.03. The molecule has 1 N–H and O–H groups in total. The van der Waals surface area contributed by atoms with E-state index in [9.17, 15) is 4.79 Å². The van der Waals surface area contributed by atoms with Crippen molar-refractivity contribution >= 4 is 11.7 Å². The Morgan fingerprint density at radius 2 is 2.16 bits per heavy atom. The van der Waals surface area contributed by atoms with Gasteiger partial charge in [-0.3, -0.25) is 4.79 Å². The molecule has 0 atom stereocenters. The quantitative estimate of drug-likeness (QED) is 0.833. The monoisotopic (exact) mass is 259 g/mol. The molecule has 1 amide bonds. The number of ether oxygens (including phenoxy) is 1. The lowest BCUT2D eigenvalue weighted by atomic mass is 10.2. The van der Waals surface area contributed by atoms with Crippen molar-refractivity contribution in [1.29, 1.82) is 0 Å². The normalized spacial score (nSPS) is 9.95. The van der Waals surface area contributed by atoms with Crippen molar-refractivity contribution in [3.63, 3.8) is 0 Å². The number of carbonyl (C=O) groups excluding carboxylic acids is 1. The molecule has 0 saturated carbocycles. The topological polar surface area (TPSA) is 77.2 Å². The molecule has 0 aliphatic heterocycles. The highest BCUT2D eigenvalue weighted by atomic mass is 16.6. The van der Waals surface area contributed by atoms with E-state index in [-0.39, 0.29) is 5.91 Å². The number of benzene rings is 1. The first-order chi connectivity index (χ1) is 9.20. The predicted molar refractivity (Wildman–Crippen MR) is 69.1 cm³/mol. The van der Waals surface area contributed by atoms with Gasteiger partial charge in [0.05, 0.1) is 0 Å². The first-order valence-corrected chi connectivity index (χ1v) is 5.65. The third kappa shape index (κ3) is 3.19. The van der Waals surface area contributed by atoms with Crippen LogP contribution in [0.2, 0.25) is 0 Å². The Hall–Kier alpha value is -2.63. The summed E-state index contributed by atoms with van der Waals surface area (Å²) in [6.45, 7) is 5.68. The van der Waals surface area contributed by atoms with Gasteiger partial charge in [-0.25, -0.2) is 4.63 Å². The summed E-state index contributed by atoms with van der Waals surface area (Å²) in [6.07, 6.45) is 1.65. The molecule has 0 saturated heterocycles. The van der Waals surface area contributed by atoms with E-state index >= 15 is 0 Å². The molecule has 19 heavy (non-hydrogen) atoms. The van der Waals surface area contributed by atoms with Crippen molar-refractivity contribution in [1.82, 2.24) is 10.3 Å². The van der Waals surface area contributed by atoms with Crippen LogP contribution in [0.15, 0.2) is 41.5 Å². The third-order valence-electron chi connectivity index (χ3n) is 2.37. The lowest BCUT2D eigenvalue weighted by Crippen LogP contribution is -2.12. The summed E-state index contributed by atoms with van der Waals surface area (Å²) in [5, 5.41) is 9.77. The minimum absolute atomic E-state index is 0.283. The average Bonchev–Trinajstić information content (AvgIpc) is 2.82. The Kier molecular flexibility index (Phi) is 3.92. The number of nitrogens with zero attached hydrogens (tertiary/aromatic N) is 2. The average molecular weight is 259 g/mol. The third-order valence-corrected chi connectivity index (χ3v) is 2.37. The van der Waals surface area contributed by atoms with Crippen LogP contribution in [0.1, 0.15) is 16.1 Å². The lowest BCUT2D eigenvalue weighted by Gasteiger charge is -2.05. The first kappa shape index (κ1) is 12.8. The zero-order valence-corrected chi connectivity index (χ0v) is 10.4. The van der Waals surface area contributed by atoms with E-state index in [1.54, 1.807) is 37.3 Å². The molecule has 0 bridgehead atoms. The molecule has 98 valence electrons. The molecule has 0 fully saturated rings. The molecular formula is C13H13N3O3. The van der Waals surface area contributed by atoms with E-state index in [1.807, 2.05) is 0 Å². The van der Waals surface area contributed by atoms with Gasteiger partial charge in [-0.15, -0.1) is 0 Å². The Labute approximate surface area is 110 Å². The van der Waals surface area contributed by atoms with Gasteiger partial charge in [-0.05, 0) is 36.3 Å². The van der Waals surface area contributed by atoms with Gasteiger partial charge < -0.3 is 10.1 Å². The van der Waals surface area contributed by atoms with Gasteiger partial charge in [0, 0.05) is 5.56 Å². The zero-order valence-electron chi connectivity index (χ0n) is 10.4. The fourth-order valence-electron chi connectivity index (χ4n) is 1.38. The van der Waals surface area contributed by atoms with Crippen LogP contribution in [0.25, 0.3) is 0 Å². The highest BCUT2D eigenvalue weighted by Gasteiger charge is 2.11. The molecule has 6 heteroatoms. The Morgan fingerprint density at radius 1 is 1.42 bits per heavy atom. The molecule has 6 nitrogen and oxygen atoms in total. The number of nitrogens with one attached hydrogen (secondary N) is 1. The molecular weight excluding hydrogens is 246 g/mol. The minimum atomic E-state index is -0.283. The Balaban J connectivity index is 2.03. The number of aromatic nitrogens is 2. The van der Waals surface area contributed by atoms with Gasteiger partial charge in [0.15, 0.2) is 0 Å². The number of amides is 1. The maximum atomic E-state index is 11.9. The molecule has 0 unspecified atom stereocenters. The van der Waals surface area contributed by atoms with Crippen molar-refractivity contribution in [2.24, 2.45) is 0 Å². The molecule has 0 aliphatic rings. The van der Waals surface area contributed by atoms with E-state index in [2.05, 4.69) is 26.8 Å². The molecule has 2 rings (SSSR count). The van der Waals surface area contributed by atoms with Gasteiger partial charge in [0.25, 0.3) is 5.91 Å². The second-order valence-electron chi connectivity index (χ2n) is 3.78. The summed E-state index contributed by atoms with van der Waals surface area (Å²) >= 11 is 0. The number of carbonyl (C=O) groups is 1. The molecule has 0 radical (unpaired) electrons. The summed E-state index contributed by atoms with van der Waals surface area (Å²) in [5.74, 6) is 0.710. The van der Waals surface area contributed by atoms with Gasteiger partial charge in [0.2, 0.25) is 5.82 Å². The largest absolute Gasteiger partial charge is 0.490 e. The summed E-state index contributed by atoms with van der Waals surface area (Å²) in [4.78, 5) is 11.9. The maximum Gasteiger partial charge on any atom is 0.256 e. The number of aryl methyl sites for hydroxylation is 1. The van der Waals surface area contributed by atoms with Crippen molar-refractivity contribution in [3.8, 4) is 5.75 Å². The van der Waals surface area contributed by atoms with Crippen molar-refractivity contribution in [2.45, 2.75) is 6.92 Å². The molecule has 0 aliphatic carbocycles. The smallest absolute Gasteiger partial charge is 0.256 e. The van der Waals surface area contributed by atoms with Gasteiger partial charge in [-0.1, -0.05) is 17.8 Å². The lowest BCUT2D eigenvalue weighted by molar-refractivity contribution is 0.102. The summed E-state index contributed by atoms with van der Waals surface area (Å²) < 4.78 is 9.83. The van der Waals surface area contributed by atoms with Crippen LogP contribution in [-0.4, -0.2) is 22.8 Å². The predicted octanol–water partition coefficient (Wildman–Crippen LogP) is 2.20. The number of rotatable bonds is 5. The standard InChI is InChI=1S/C13H13N3O3/c1-3-8-18-11-6-4-10(5-7-11)13(17)14-12-9(2)15-19-16-12/h3-7H,1,8H2,2H3,(H,14,16,17). The minimum Gasteiger partial charge on any atom is -0.490 e. The summed E-state index contributed by atoms with van der Waals surface area (Å²) in [5.41, 5.74) is 1.02. The Morgan fingerprint density at radius 3 is 2.74 bits per heavy atom. The fourth-order valence-corrected chi connectivity index (χ4v) is 1.38. The van der Waals surface area contributed by atoms with Gasteiger partial charge in [0.1, 0.15) is 18.1 Å². The van der Waals surface area contributed by atoms with Crippen LogP contribution >= 0.6 is 0 Å². The van der Waals surface area contributed by atoms with Crippen LogP contribution in [0, 0.1) is 6.92 Å². The van der Waals surface area contributed by atoms with Crippen molar-refractivity contribution < 1.29 is 14.2 Å². The van der Waals surface area contributed by atoms with Crippen molar-refractivity contribution in [2.75, 3.05) is 11.9 Å². The molecule has 1 heterocycles. The number of hydrogen-bond acceptors (Lipinski definition) is 5.